The molecule has 3 nitrogen and oxygen atoms in total. The van der Waals surface area contributed by atoms with E-state index in [0.29, 0.717) is 26.3 Å². The van der Waals surface area contributed by atoms with Gasteiger partial charge in [-0.15, -0.1) is 0 Å². The van der Waals surface area contributed by atoms with Crippen molar-refractivity contribution in [1.29, 1.82) is 5.26 Å². The van der Waals surface area contributed by atoms with Gasteiger partial charge in [-0.25, -0.2) is 0 Å². The molecule has 2 N–H and O–H groups in total. The van der Waals surface area contributed by atoms with Crippen molar-refractivity contribution >= 4 is 33.2 Å². The SMILES string of the molecule is CN=C(C(Br)=CN)c1cc(Cl)cc(C)c1C#N. The minimum absolute atomic E-state index is 0.550. The first kappa shape index (κ1) is 13.8. The second kappa shape index (κ2) is 5.85. The maximum Gasteiger partial charge on any atom is 0.100 e. The van der Waals surface area contributed by atoms with Crippen molar-refractivity contribution in [3.8, 4) is 6.07 Å². The van der Waals surface area contributed by atoms with Crippen molar-refractivity contribution < 1.29 is 0 Å². The van der Waals surface area contributed by atoms with Gasteiger partial charge in [0.05, 0.1) is 15.8 Å². The second-order valence-corrected chi connectivity index (χ2v) is 4.63. The maximum atomic E-state index is 9.17. The topological polar surface area (TPSA) is 62.2 Å². The van der Waals surface area contributed by atoms with Gasteiger partial charge in [-0.2, -0.15) is 5.26 Å². The fourth-order valence-corrected chi connectivity index (χ4v) is 2.18. The number of aliphatic imine (C=N–C) groups is 1. The Morgan fingerprint density at radius 3 is 2.71 bits per heavy atom. The van der Waals surface area contributed by atoms with Crippen LogP contribution in [-0.2, 0) is 0 Å². The van der Waals surface area contributed by atoms with E-state index < -0.39 is 0 Å². The summed E-state index contributed by atoms with van der Waals surface area (Å²) in [5.41, 5.74) is 8.09. The average molecular weight is 313 g/mol. The lowest BCUT2D eigenvalue weighted by Crippen LogP contribution is -2.06. The van der Waals surface area contributed by atoms with Crippen LogP contribution in [0, 0.1) is 18.3 Å². The number of nitrogens with two attached hydrogens (primary N) is 1. The largest absolute Gasteiger partial charge is 0.404 e. The molecule has 0 aromatic heterocycles. The Kier molecular flexibility index (Phi) is 4.73. The summed E-state index contributed by atoms with van der Waals surface area (Å²) in [5, 5.41) is 9.74. The van der Waals surface area contributed by atoms with Gasteiger partial charge in [0.2, 0.25) is 0 Å². The quantitative estimate of drug-likeness (QED) is 0.853. The molecule has 0 aliphatic heterocycles. The van der Waals surface area contributed by atoms with Crippen LogP contribution in [0.1, 0.15) is 16.7 Å². The summed E-state index contributed by atoms with van der Waals surface area (Å²) in [6.07, 6.45) is 1.39. The summed E-state index contributed by atoms with van der Waals surface area (Å²) in [5.74, 6) is 0. The Balaban J connectivity index is 3.56. The lowest BCUT2D eigenvalue weighted by Gasteiger charge is -2.09. The van der Waals surface area contributed by atoms with Crippen molar-refractivity contribution in [1.82, 2.24) is 0 Å². The maximum absolute atomic E-state index is 9.17. The van der Waals surface area contributed by atoms with Crippen LogP contribution in [0.5, 0.6) is 0 Å². The molecular formula is C12H11BrClN3. The molecule has 0 spiro atoms. The molecule has 1 aromatic carbocycles. The van der Waals surface area contributed by atoms with Gasteiger partial charge in [0.25, 0.3) is 0 Å². The van der Waals surface area contributed by atoms with Crippen molar-refractivity contribution in [2.24, 2.45) is 10.7 Å². The Labute approximate surface area is 114 Å². The zero-order chi connectivity index (χ0) is 13.0. The van der Waals surface area contributed by atoms with Gasteiger partial charge in [-0.1, -0.05) is 11.6 Å². The molecule has 0 unspecified atom stereocenters. The zero-order valence-electron chi connectivity index (χ0n) is 9.46. The standard InChI is InChI=1S/C12H11BrClN3/c1-7-3-8(14)4-9(10(7)5-15)12(17-2)11(13)6-16/h3-4,6H,16H2,1-2H3. The number of aryl methyl sites for hydroxylation is 1. The average Bonchev–Trinajstić information content (AvgIpc) is 2.29. The van der Waals surface area contributed by atoms with Crippen LogP contribution in [0.15, 0.2) is 27.8 Å². The Morgan fingerprint density at radius 2 is 2.24 bits per heavy atom. The van der Waals surface area contributed by atoms with Crippen LogP contribution < -0.4 is 5.73 Å². The van der Waals surface area contributed by atoms with Crippen LogP contribution >= 0.6 is 27.5 Å². The summed E-state index contributed by atoms with van der Waals surface area (Å²) in [7, 11) is 1.64. The summed E-state index contributed by atoms with van der Waals surface area (Å²) in [6.45, 7) is 1.83. The van der Waals surface area contributed by atoms with E-state index in [4.69, 9.17) is 17.3 Å². The highest BCUT2D eigenvalue weighted by molar-refractivity contribution is 9.12. The lowest BCUT2D eigenvalue weighted by atomic mass is 9.99. The van der Waals surface area contributed by atoms with E-state index >= 15 is 0 Å². The van der Waals surface area contributed by atoms with E-state index in [1.165, 1.54) is 6.20 Å². The Morgan fingerprint density at radius 1 is 1.59 bits per heavy atom. The minimum atomic E-state index is 0.550. The monoisotopic (exact) mass is 311 g/mol. The molecule has 0 atom stereocenters. The van der Waals surface area contributed by atoms with E-state index in [2.05, 4.69) is 27.0 Å². The molecule has 5 heteroatoms. The van der Waals surface area contributed by atoms with Crippen LogP contribution in [0.3, 0.4) is 0 Å². The lowest BCUT2D eigenvalue weighted by molar-refractivity contribution is 1.36. The number of rotatable bonds is 2. The van der Waals surface area contributed by atoms with Gasteiger partial charge >= 0.3 is 0 Å². The normalized spacial score (nSPS) is 12.4. The molecule has 0 amide bonds. The molecule has 0 radical (unpaired) electrons. The first-order valence-electron chi connectivity index (χ1n) is 4.80. The predicted octanol–water partition coefficient (Wildman–Crippen LogP) is 3.13. The van der Waals surface area contributed by atoms with Crippen LogP contribution in [0.2, 0.25) is 5.02 Å². The first-order valence-corrected chi connectivity index (χ1v) is 5.97. The summed E-state index contributed by atoms with van der Waals surface area (Å²) >= 11 is 9.30. The summed E-state index contributed by atoms with van der Waals surface area (Å²) in [4.78, 5) is 4.13. The first-order chi connectivity index (χ1) is 8.04. The summed E-state index contributed by atoms with van der Waals surface area (Å²) < 4.78 is 0.623. The highest BCUT2D eigenvalue weighted by Crippen LogP contribution is 2.24. The number of hydrogen-bond donors (Lipinski definition) is 1. The molecule has 0 saturated heterocycles. The van der Waals surface area contributed by atoms with E-state index in [1.54, 1.807) is 19.2 Å². The number of nitrogens with zero attached hydrogens (tertiary/aromatic N) is 2. The van der Waals surface area contributed by atoms with E-state index in [9.17, 15) is 5.26 Å². The van der Waals surface area contributed by atoms with Crippen LogP contribution in [-0.4, -0.2) is 12.8 Å². The highest BCUT2D eigenvalue weighted by atomic mass is 79.9. The molecule has 0 fully saturated rings. The van der Waals surface area contributed by atoms with Gasteiger partial charge in [0.1, 0.15) is 6.07 Å². The Hall–Kier alpha value is -1.31. The third-order valence-corrected chi connectivity index (χ3v) is 3.12. The number of benzene rings is 1. The van der Waals surface area contributed by atoms with Gasteiger partial charge in [-0.05, 0) is 40.5 Å². The van der Waals surface area contributed by atoms with Crippen LogP contribution in [0.4, 0.5) is 0 Å². The van der Waals surface area contributed by atoms with E-state index in [1.807, 2.05) is 6.92 Å². The fourth-order valence-electron chi connectivity index (χ4n) is 1.51. The number of hydrogen-bond acceptors (Lipinski definition) is 3. The molecule has 0 heterocycles. The molecule has 88 valence electrons. The highest BCUT2D eigenvalue weighted by Gasteiger charge is 2.14. The predicted molar refractivity (Wildman–Crippen MR) is 74.6 cm³/mol. The van der Waals surface area contributed by atoms with Crippen molar-refractivity contribution in [2.45, 2.75) is 6.92 Å². The molecule has 0 saturated carbocycles. The van der Waals surface area contributed by atoms with Gasteiger partial charge < -0.3 is 5.73 Å². The molecular weight excluding hydrogens is 302 g/mol. The molecule has 1 aromatic rings. The molecule has 0 aliphatic carbocycles. The number of halogens is 2. The third kappa shape index (κ3) is 2.87. The number of nitriles is 1. The van der Waals surface area contributed by atoms with Crippen LogP contribution in [0.25, 0.3) is 0 Å². The smallest absolute Gasteiger partial charge is 0.100 e. The van der Waals surface area contributed by atoms with Crippen molar-refractivity contribution in [3.63, 3.8) is 0 Å². The van der Waals surface area contributed by atoms with Gasteiger partial charge in [0.15, 0.2) is 0 Å². The third-order valence-electron chi connectivity index (χ3n) is 2.26. The van der Waals surface area contributed by atoms with Crippen molar-refractivity contribution in [3.05, 3.63) is 44.5 Å². The van der Waals surface area contributed by atoms with Crippen molar-refractivity contribution in [2.75, 3.05) is 7.05 Å². The fraction of sp³-hybridized carbons (Fsp3) is 0.167. The summed E-state index contributed by atoms with van der Waals surface area (Å²) in [6, 6.07) is 5.61. The minimum Gasteiger partial charge on any atom is -0.404 e. The van der Waals surface area contributed by atoms with E-state index in [0.717, 1.165) is 5.56 Å². The molecule has 1 rings (SSSR count). The zero-order valence-corrected chi connectivity index (χ0v) is 11.8. The molecule has 0 bridgehead atoms. The molecule has 0 aliphatic rings. The van der Waals surface area contributed by atoms with E-state index in [-0.39, 0.29) is 0 Å². The molecule has 17 heavy (non-hydrogen) atoms. The second-order valence-electron chi connectivity index (χ2n) is 3.34. The number of allylic oxidation sites excluding steroid dienone is 1. The Bertz CT molecular complexity index is 541. The van der Waals surface area contributed by atoms with Gasteiger partial charge in [-0.3, -0.25) is 4.99 Å². The van der Waals surface area contributed by atoms with Gasteiger partial charge in [0, 0.05) is 23.8 Å².